The predicted octanol–water partition coefficient (Wildman–Crippen LogP) is 2.54. The molecule has 0 aromatic heterocycles. The van der Waals surface area contributed by atoms with E-state index in [-0.39, 0.29) is 5.91 Å². The van der Waals surface area contributed by atoms with Gasteiger partial charge in [0.1, 0.15) is 0 Å². The van der Waals surface area contributed by atoms with E-state index in [0.717, 1.165) is 38.4 Å². The second-order valence-corrected chi connectivity index (χ2v) is 6.38. The zero-order chi connectivity index (χ0) is 15.5. The third-order valence-electron chi connectivity index (χ3n) is 4.70. The van der Waals surface area contributed by atoms with E-state index in [1.54, 1.807) is 0 Å². The predicted molar refractivity (Wildman–Crippen MR) is 89.5 cm³/mol. The summed E-state index contributed by atoms with van der Waals surface area (Å²) >= 11 is 0. The molecule has 1 aliphatic rings. The molecule has 0 radical (unpaired) electrons. The van der Waals surface area contributed by atoms with Crippen LogP contribution in [0.5, 0.6) is 0 Å². The van der Waals surface area contributed by atoms with Crippen molar-refractivity contribution in [1.29, 1.82) is 0 Å². The van der Waals surface area contributed by atoms with Crippen LogP contribution in [-0.4, -0.2) is 49.6 Å². The van der Waals surface area contributed by atoms with Crippen molar-refractivity contribution in [3.8, 4) is 0 Å². The number of nitrogens with one attached hydrogen (secondary N) is 2. The second kappa shape index (κ2) is 11.0. The number of nitrogens with zero attached hydrogens (tertiary/aromatic N) is 1. The first kappa shape index (κ1) is 18.4. The molecule has 0 spiro atoms. The van der Waals surface area contributed by atoms with E-state index in [1.807, 2.05) is 0 Å². The smallest absolute Gasteiger partial charge is 0.234 e. The Kier molecular flexibility index (Phi) is 9.68. The van der Waals surface area contributed by atoms with Crippen LogP contribution in [0.2, 0.25) is 0 Å². The lowest BCUT2D eigenvalue weighted by molar-refractivity contribution is -0.121. The Bertz CT molecular complexity index is 273. The Morgan fingerprint density at radius 2 is 1.86 bits per heavy atom. The lowest BCUT2D eigenvalue weighted by atomic mass is 9.94. The van der Waals surface area contributed by atoms with E-state index in [2.05, 4.69) is 36.4 Å². The van der Waals surface area contributed by atoms with Gasteiger partial charge in [-0.2, -0.15) is 0 Å². The molecule has 21 heavy (non-hydrogen) atoms. The molecule has 0 aliphatic heterocycles. The van der Waals surface area contributed by atoms with E-state index >= 15 is 0 Å². The highest BCUT2D eigenvalue weighted by molar-refractivity contribution is 5.78. The van der Waals surface area contributed by atoms with Crippen molar-refractivity contribution in [3.63, 3.8) is 0 Å². The number of carbonyl (C=O) groups excluding carboxylic acids is 1. The summed E-state index contributed by atoms with van der Waals surface area (Å²) < 4.78 is 0. The van der Waals surface area contributed by atoms with Crippen LogP contribution in [0.3, 0.4) is 0 Å². The molecule has 0 saturated heterocycles. The van der Waals surface area contributed by atoms with Gasteiger partial charge in [-0.15, -0.1) is 0 Å². The molecule has 0 bridgehead atoms. The molecule has 0 unspecified atom stereocenters. The summed E-state index contributed by atoms with van der Waals surface area (Å²) in [5, 5.41) is 6.31. The van der Waals surface area contributed by atoms with Crippen molar-refractivity contribution in [2.45, 2.75) is 77.3 Å². The van der Waals surface area contributed by atoms with Gasteiger partial charge in [0.2, 0.25) is 5.91 Å². The van der Waals surface area contributed by atoms with Crippen molar-refractivity contribution in [2.24, 2.45) is 0 Å². The highest BCUT2D eigenvalue weighted by atomic mass is 16.1. The first-order chi connectivity index (χ1) is 10.2. The Balaban J connectivity index is 2.01. The van der Waals surface area contributed by atoms with Crippen LogP contribution in [0, 0.1) is 0 Å². The van der Waals surface area contributed by atoms with Crippen molar-refractivity contribution >= 4 is 5.91 Å². The summed E-state index contributed by atoms with van der Waals surface area (Å²) in [6.45, 7) is 6.73. The largest absolute Gasteiger partial charge is 0.352 e. The van der Waals surface area contributed by atoms with Gasteiger partial charge >= 0.3 is 0 Å². The quantitative estimate of drug-likeness (QED) is 0.609. The zero-order valence-corrected chi connectivity index (χ0v) is 14.3. The molecule has 1 fully saturated rings. The molecule has 4 nitrogen and oxygen atoms in total. The summed E-state index contributed by atoms with van der Waals surface area (Å²) in [6.07, 6.45) is 10.1. The minimum absolute atomic E-state index is 0.129. The van der Waals surface area contributed by atoms with Gasteiger partial charge in [-0.1, -0.05) is 33.1 Å². The van der Waals surface area contributed by atoms with Crippen LogP contribution in [-0.2, 0) is 4.79 Å². The molecule has 0 atom stereocenters. The maximum absolute atomic E-state index is 11.7. The van der Waals surface area contributed by atoms with Gasteiger partial charge in [-0.25, -0.2) is 0 Å². The lowest BCUT2D eigenvalue weighted by Crippen LogP contribution is -2.40. The Morgan fingerprint density at radius 3 is 2.48 bits per heavy atom. The van der Waals surface area contributed by atoms with E-state index in [1.165, 1.54) is 32.1 Å². The standard InChI is InChI=1S/C17H35N3O/c1-4-15(5-2)19-17(21)14-18-12-9-13-20(3)16-10-7-6-8-11-16/h15-16,18H,4-14H2,1-3H3,(H,19,21). The van der Waals surface area contributed by atoms with Gasteiger partial charge in [-0.3, -0.25) is 4.79 Å². The number of hydrogen-bond acceptors (Lipinski definition) is 3. The summed E-state index contributed by atoms with van der Waals surface area (Å²) in [6, 6.07) is 1.12. The van der Waals surface area contributed by atoms with Gasteiger partial charge in [0.15, 0.2) is 0 Å². The highest BCUT2D eigenvalue weighted by Crippen LogP contribution is 2.21. The third-order valence-corrected chi connectivity index (χ3v) is 4.70. The molecule has 4 heteroatoms. The average Bonchev–Trinajstić information content (AvgIpc) is 2.52. The fourth-order valence-corrected chi connectivity index (χ4v) is 3.13. The number of carbonyl (C=O) groups is 1. The summed E-state index contributed by atoms with van der Waals surface area (Å²) in [7, 11) is 2.25. The van der Waals surface area contributed by atoms with Crippen molar-refractivity contribution in [2.75, 3.05) is 26.7 Å². The topological polar surface area (TPSA) is 44.4 Å². The molecule has 1 rings (SSSR count). The van der Waals surface area contributed by atoms with Crippen LogP contribution < -0.4 is 10.6 Å². The van der Waals surface area contributed by atoms with E-state index < -0.39 is 0 Å². The fraction of sp³-hybridized carbons (Fsp3) is 0.941. The molecule has 124 valence electrons. The van der Waals surface area contributed by atoms with Gasteiger partial charge < -0.3 is 15.5 Å². The average molecular weight is 297 g/mol. The van der Waals surface area contributed by atoms with Crippen LogP contribution in [0.4, 0.5) is 0 Å². The normalized spacial score (nSPS) is 16.6. The van der Waals surface area contributed by atoms with Gasteiger partial charge in [0.05, 0.1) is 6.54 Å². The van der Waals surface area contributed by atoms with Crippen LogP contribution in [0.15, 0.2) is 0 Å². The maximum Gasteiger partial charge on any atom is 0.234 e. The van der Waals surface area contributed by atoms with Crippen molar-refractivity contribution < 1.29 is 4.79 Å². The SMILES string of the molecule is CCC(CC)NC(=O)CNCCCN(C)C1CCCCC1. The molecule has 0 aromatic carbocycles. The van der Waals surface area contributed by atoms with Crippen LogP contribution in [0.25, 0.3) is 0 Å². The summed E-state index contributed by atoms with van der Waals surface area (Å²) in [5.41, 5.74) is 0. The van der Waals surface area contributed by atoms with Gasteiger partial charge in [0, 0.05) is 12.1 Å². The Morgan fingerprint density at radius 1 is 1.19 bits per heavy atom. The summed E-state index contributed by atoms with van der Waals surface area (Å²) in [5.74, 6) is 0.129. The first-order valence-electron chi connectivity index (χ1n) is 8.87. The molecule has 1 amide bonds. The highest BCUT2D eigenvalue weighted by Gasteiger charge is 2.17. The minimum atomic E-state index is 0.129. The molecule has 0 heterocycles. The molecule has 1 saturated carbocycles. The van der Waals surface area contributed by atoms with Crippen molar-refractivity contribution in [3.05, 3.63) is 0 Å². The Hall–Kier alpha value is -0.610. The monoisotopic (exact) mass is 297 g/mol. The fourth-order valence-electron chi connectivity index (χ4n) is 3.13. The lowest BCUT2D eigenvalue weighted by Gasteiger charge is -2.31. The van der Waals surface area contributed by atoms with Gasteiger partial charge in [-0.05, 0) is 52.2 Å². The first-order valence-corrected chi connectivity index (χ1v) is 8.87. The number of rotatable bonds is 10. The number of amides is 1. The zero-order valence-electron chi connectivity index (χ0n) is 14.3. The van der Waals surface area contributed by atoms with Crippen LogP contribution in [0.1, 0.15) is 65.2 Å². The van der Waals surface area contributed by atoms with E-state index in [4.69, 9.17) is 0 Å². The Labute approximate surface area is 131 Å². The summed E-state index contributed by atoms with van der Waals surface area (Å²) in [4.78, 5) is 14.2. The van der Waals surface area contributed by atoms with E-state index in [0.29, 0.717) is 12.6 Å². The molecular weight excluding hydrogens is 262 g/mol. The molecular formula is C17H35N3O. The molecule has 0 aromatic rings. The third kappa shape index (κ3) is 7.82. The van der Waals surface area contributed by atoms with Crippen LogP contribution >= 0.6 is 0 Å². The van der Waals surface area contributed by atoms with Gasteiger partial charge in [0.25, 0.3) is 0 Å². The number of hydrogen-bond donors (Lipinski definition) is 2. The maximum atomic E-state index is 11.7. The van der Waals surface area contributed by atoms with Crippen molar-refractivity contribution in [1.82, 2.24) is 15.5 Å². The molecule has 1 aliphatic carbocycles. The molecule has 2 N–H and O–H groups in total. The second-order valence-electron chi connectivity index (χ2n) is 6.38. The minimum Gasteiger partial charge on any atom is -0.352 e. The van der Waals surface area contributed by atoms with E-state index in [9.17, 15) is 4.79 Å².